The van der Waals surface area contributed by atoms with Crippen molar-refractivity contribution in [1.29, 1.82) is 0 Å². The number of benzene rings is 2. The van der Waals surface area contributed by atoms with Gasteiger partial charge in [-0.3, -0.25) is 0 Å². The fourth-order valence-corrected chi connectivity index (χ4v) is 4.87. The molecule has 3 heteroatoms. The maximum atomic E-state index is 3.65. The van der Waals surface area contributed by atoms with E-state index in [9.17, 15) is 0 Å². The molecule has 0 amide bonds. The van der Waals surface area contributed by atoms with E-state index in [1.54, 1.807) is 16.8 Å². The van der Waals surface area contributed by atoms with Crippen LogP contribution in [0.1, 0.15) is 29.0 Å². The summed E-state index contributed by atoms with van der Waals surface area (Å²) in [7, 11) is 0. The summed E-state index contributed by atoms with van der Waals surface area (Å²) in [6, 6.07) is 13.5. The van der Waals surface area contributed by atoms with Crippen molar-refractivity contribution in [3.05, 3.63) is 53.1 Å². The molecular formula is C21H25N3. The quantitative estimate of drug-likeness (QED) is 0.881. The van der Waals surface area contributed by atoms with Crippen molar-refractivity contribution in [2.45, 2.75) is 25.7 Å². The zero-order valence-electron chi connectivity index (χ0n) is 14.3. The number of rotatable bonds is 2. The van der Waals surface area contributed by atoms with E-state index >= 15 is 0 Å². The molecular weight excluding hydrogens is 294 g/mol. The fourth-order valence-electron chi connectivity index (χ4n) is 4.87. The van der Waals surface area contributed by atoms with Crippen LogP contribution in [0.3, 0.4) is 0 Å². The van der Waals surface area contributed by atoms with Crippen LogP contribution in [0.25, 0.3) is 0 Å². The highest BCUT2D eigenvalue weighted by Gasteiger charge is 2.38. The van der Waals surface area contributed by atoms with Gasteiger partial charge in [-0.2, -0.15) is 0 Å². The van der Waals surface area contributed by atoms with Crippen LogP contribution < -0.4 is 15.5 Å². The third kappa shape index (κ3) is 2.30. The molecule has 1 saturated heterocycles. The predicted octanol–water partition coefficient (Wildman–Crippen LogP) is 3.81. The van der Waals surface area contributed by atoms with E-state index in [0.717, 1.165) is 12.5 Å². The standard InChI is InChI=1S/C21H25N3/c1-14-4-2-6-17(8-14)23-18-9-15-5-3-7-24-13-16-11-22-12-20(16)19(10-18)21(15)24/h2,4,6,8-10,16,20,22-23H,3,5,7,11-13H2,1H3/t16-,20-/m1/s1. The summed E-state index contributed by atoms with van der Waals surface area (Å²) in [5.41, 5.74) is 8.41. The highest BCUT2D eigenvalue weighted by Crippen LogP contribution is 2.46. The lowest BCUT2D eigenvalue weighted by Crippen LogP contribution is -2.40. The molecule has 0 saturated carbocycles. The fraction of sp³-hybridized carbons (Fsp3) is 0.429. The molecule has 2 N–H and O–H groups in total. The molecule has 3 aliphatic rings. The minimum atomic E-state index is 0.687. The van der Waals surface area contributed by atoms with Gasteiger partial charge in [-0.05, 0) is 66.6 Å². The van der Waals surface area contributed by atoms with Crippen molar-refractivity contribution >= 4 is 17.1 Å². The van der Waals surface area contributed by atoms with E-state index < -0.39 is 0 Å². The first-order chi connectivity index (χ1) is 11.8. The highest BCUT2D eigenvalue weighted by molar-refractivity contribution is 5.73. The molecule has 0 unspecified atom stereocenters. The number of hydrogen-bond acceptors (Lipinski definition) is 3. The SMILES string of the molecule is Cc1cccc(Nc2cc3c4c(c2)[C@@H]2CNC[C@@H]2CN4CCC3)c1. The second kappa shape index (κ2) is 5.52. The van der Waals surface area contributed by atoms with E-state index in [1.165, 1.54) is 49.4 Å². The van der Waals surface area contributed by atoms with Gasteiger partial charge in [-0.25, -0.2) is 0 Å². The molecule has 2 aromatic rings. The molecule has 2 atom stereocenters. The lowest BCUT2D eigenvalue weighted by molar-refractivity contribution is 0.470. The van der Waals surface area contributed by atoms with Crippen LogP contribution in [0.4, 0.5) is 17.1 Å². The summed E-state index contributed by atoms with van der Waals surface area (Å²) >= 11 is 0. The van der Waals surface area contributed by atoms with Crippen molar-refractivity contribution in [1.82, 2.24) is 5.32 Å². The largest absolute Gasteiger partial charge is 0.371 e. The smallest absolute Gasteiger partial charge is 0.0436 e. The Morgan fingerprint density at radius 2 is 2.08 bits per heavy atom. The first-order valence-electron chi connectivity index (χ1n) is 9.24. The topological polar surface area (TPSA) is 27.3 Å². The molecule has 3 heterocycles. The van der Waals surface area contributed by atoms with Crippen LogP contribution in [0, 0.1) is 12.8 Å². The summed E-state index contributed by atoms with van der Waals surface area (Å²) in [5.74, 6) is 1.46. The van der Waals surface area contributed by atoms with Crippen LogP contribution in [-0.2, 0) is 6.42 Å². The zero-order chi connectivity index (χ0) is 16.1. The normalized spacial score (nSPS) is 24.5. The maximum Gasteiger partial charge on any atom is 0.0436 e. The van der Waals surface area contributed by atoms with Crippen molar-refractivity contribution in [3.8, 4) is 0 Å². The molecule has 5 rings (SSSR count). The molecule has 0 spiro atoms. The van der Waals surface area contributed by atoms with Gasteiger partial charge in [-0.15, -0.1) is 0 Å². The number of anilines is 3. The number of nitrogens with zero attached hydrogens (tertiary/aromatic N) is 1. The van der Waals surface area contributed by atoms with E-state index in [0.29, 0.717) is 5.92 Å². The number of aryl methyl sites for hydroxylation is 2. The summed E-state index contributed by atoms with van der Waals surface area (Å²) in [6.45, 7) is 6.93. The molecule has 24 heavy (non-hydrogen) atoms. The molecule has 3 nitrogen and oxygen atoms in total. The van der Waals surface area contributed by atoms with Crippen LogP contribution >= 0.6 is 0 Å². The Bertz CT molecular complexity index is 783. The Kier molecular flexibility index (Phi) is 3.30. The van der Waals surface area contributed by atoms with Gasteiger partial charge in [0.2, 0.25) is 0 Å². The summed E-state index contributed by atoms with van der Waals surface area (Å²) in [5, 5.41) is 7.27. The van der Waals surface area contributed by atoms with Crippen molar-refractivity contribution < 1.29 is 0 Å². The minimum absolute atomic E-state index is 0.687. The van der Waals surface area contributed by atoms with Gasteiger partial charge in [-0.1, -0.05) is 12.1 Å². The molecule has 0 aromatic heterocycles. The number of hydrogen-bond donors (Lipinski definition) is 2. The van der Waals surface area contributed by atoms with E-state index in [-0.39, 0.29) is 0 Å². The van der Waals surface area contributed by atoms with Crippen molar-refractivity contribution in [3.63, 3.8) is 0 Å². The van der Waals surface area contributed by atoms with Gasteiger partial charge in [0.1, 0.15) is 0 Å². The van der Waals surface area contributed by atoms with Gasteiger partial charge in [0.15, 0.2) is 0 Å². The third-order valence-electron chi connectivity index (χ3n) is 5.91. The van der Waals surface area contributed by atoms with Crippen LogP contribution in [0.2, 0.25) is 0 Å². The van der Waals surface area contributed by atoms with Crippen molar-refractivity contribution in [2.24, 2.45) is 5.92 Å². The molecule has 2 aromatic carbocycles. The second-order valence-electron chi connectivity index (χ2n) is 7.64. The van der Waals surface area contributed by atoms with Gasteiger partial charge < -0.3 is 15.5 Å². The Balaban J connectivity index is 1.57. The van der Waals surface area contributed by atoms with Crippen molar-refractivity contribution in [2.75, 3.05) is 36.4 Å². The second-order valence-corrected chi connectivity index (χ2v) is 7.64. The minimum Gasteiger partial charge on any atom is -0.371 e. The van der Waals surface area contributed by atoms with Gasteiger partial charge in [0.05, 0.1) is 0 Å². The van der Waals surface area contributed by atoms with Gasteiger partial charge in [0.25, 0.3) is 0 Å². The first-order valence-corrected chi connectivity index (χ1v) is 9.24. The monoisotopic (exact) mass is 319 g/mol. The first kappa shape index (κ1) is 14.4. The summed E-state index contributed by atoms with van der Waals surface area (Å²) in [6.07, 6.45) is 2.50. The molecule has 0 bridgehead atoms. The van der Waals surface area contributed by atoms with Gasteiger partial charge >= 0.3 is 0 Å². The number of nitrogens with one attached hydrogen (secondary N) is 2. The van der Waals surface area contributed by atoms with Crippen LogP contribution in [0.5, 0.6) is 0 Å². The van der Waals surface area contributed by atoms with E-state index in [4.69, 9.17) is 0 Å². The molecule has 3 aliphatic heterocycles. The van der Waals surface area contributed by atoms with Crippen LogP contribution in [-0.4, -0.2) is 26.2 Å². The maximum absolute atomic E-state index is 3.65. The van der Waals surface area contributed by atoms with Crippen LogP contribution in [0.15, 0.2) is 36.4 Å². The molecule has 124 valence electrons. The molecule has 0 radical (unpaired) electrons. The average molecular weight is 319 g/mol. The van der Waals surface area contributed by atoms with Gasteiger partial charge in [0, 0.05) is 49.2 Å². The lowest BCUT2D eigenvalue weighted by Gasteiger charge is -2.42. The highest BCUT2D eigenvalue weighted by atomic mass is 15.2. The summed E-state index contributed by atoms with van der Waals surface area (Å²) < 4.78 is 0. The number of fused-ring (bicyclic) bond motifs is 2. The molecule has 0 aliphatic carbocycles. The Labute approximate surface area is 144 Å². The lowest BCUT2D eigenvalue weighted by atomic mass is 9.80. The molecule has 1 fully saturated rings. The Morgan fingerprint density at radius 3 is 3.00 bits per heavy atom. The average Bonchev–Trinajstić information content (AvgIpc) is 3.03. The Morgan fingerprint density at radius 1 is 1.12 bits per heavy atom. The van der Waals surface area contributed by atoms with E-state index in [1.807, 2.05) is 0 Å². The third-order valence-corrected chi connectivity index (χ3v) is 5.91. The Hall–Kier alpha value is -2.00. The van der Waals surface area contributed by atoms with E-state index in [2.05, 4.69) is 58.9 Å². The summed E-state index contributed by atoms with van der Waals surface area (Å²) in [4.78, 5) is 2.65. The zero-order valence-corrected chi connectivity index (χ0v) is 14.3. The predicted molar refractivity (Wildman–Crippen MR) is 101 cm³/mol.